The molecule has 1 N–H and O–H groups in total. The molecule has 0 aliphatic carbocycles. The molecule has 0 radical (unpaired) electrons. The Morgan fingerprint density at radius 1 is 1.05 bits per heavy atom. The average molecular weight is 295 g/mol. The molecule has 2 aromatic rings. The Morgan fingerprint density at radius 3 is 2.43 bits per heavy atom. The molecule has 1 atom stereocenters. The number of nitrogens with one attached hydrogen (secondary N) is 1. The smallest absolute Gasteiger partial charge is 0.314 e. The lowest BCUT2D eigenvalue weighted by Gasteiger charge is -2.19. The monoisotopic (exact) mass is 295 g/mol. The van der Waals surface area contributed by atoms with Crippen LogP contribution in [0.15, 0.2) is 42.5 Å². The van der Waals surface area contributed by atoms with Gasteiger partial charge in [0.25, 0.3) is 0 Å². The lowest BCUT2D eigenvalue weighted by molar-refractivity contribution is -0.136. The van der Waals surface area contributed by atoms with E-state index in [0.717, 1.165) is 16.3 Å². The molecule has 0 fully saturated rings. The van der Waals surface area contributed by atoms with Crippen molar-refractivity contribution in [3.05, 3.63) is 48.0 Å². The summed E-state index contributed by atoms with van der Waals surface area (Å²) in [5.74, 6) is 0. The largest absolute Gasteiger partial charge is 0.389 e. The van der Waals surface area contributed by atoms with Crippen molar-refractivity contribution in [3.8, 4) is 0 Å². The van der Waals surface area contributed by atoms with Crippen LogP contribution in [0, 0.1) is 0 Å². The van der Waals surface area contributed by atoms with Crippen molar-refractivity contribution in [2.45, 2.75) is 38.4 Å². The predicted molar refractivity (Wildman–Crippen MR) is 80.4 cm³/mol. The first-order valence-electron chi connectivity index (χ1n) is 7.26. The second-order valence-corrected chi connectivity index (χ2v) is 5.29. The second-order valence-electron chi connectivity index (χ2n) is 5.29. The summed E-state index contributed by atoms with van der Waals surface area (Å²) in [6, 6.07) is 14.0. The van der Waals surface area contributed by atoms with Gasteiger partial charge in [-0.2, -0.15) is 13.2 Å². The molecule has 0 saturated carbocycles. The minimum atomic E-state index is -4.09. The number of alkyl halides is 3. The van der Waals surface area contributed by atoms with Crippen LogP contribution in [0.1, 0.15) is 25.3 Å². The van der Waals surface area contributed by atoms with Gasteiger partial charge in [-0.3, -0.25) is 0 Å². The van der Waals surface area contributed by atoms with Gasteiger partial charge in [0.2, 0.25) is 0 Å². The molecule has 0 aliphatic rings. The number of fused-ring (bicyclic) bond motifs is 1. The van der Waals surface area contributed by atoms with Gasteiger partial charge in [0.05, 0.1) is 0 Å². The Kier molecular flexibility index (Phi) is 5.23. The summed E-state index contributed by atoms with van der Waals surface area (Å²) in [6.45, 7) is 2.59. The van der Waals surface area contributed by atoms with E-state index in [9.17, 15) is 13.2 Å². The highest BCUT2D eigenvalue weighted by atomic mass is 19.4. The topological polar surface area (TPSA) is 12.0 Å². The highest BCUT2D eigenvalue weighted by Gasteiger charge is 2.28. The van der Waals surface area contributed by atoms with E-state index >= 15 is 0 Å². The van der Waals surface area contributed by atoms with Crippen LogP contribution in [0.5, 0.6) is 0 Å². The van der Waals surface area contributed by atoms with E-state index in [-0.39, 0.29) is 12.5 Å². The number of rotatable bonds is 6. The van der Waals surface area contributed by atoms with Gasteiger partial charge in [0.15, 0.2) is 0 Å². The quantitative estimate of drug-likeness (QED) is 0.814. The molecular weight excluding hydrogens is 275 g/mol. The first-order valence-corrected chi connectivity index (χ1v) is 7.26. The lowest BCUT2D eigenvalue weighted by atomic mass is 9.99. The van der Waals surface area contributed by atoms with Gasteiger partial charge < -0.3 is 5.32 Å². The van der Waals surface area contributed by atoms with Crippen molar-refractivity contribution in [1.82, 2.24) is 5.32 Å². The number of halogens is 3. The molecule has 1 unspecified atom stereocenters. The van der Waals surface area contributed by atoms with Crippen molar-refractivity contribution in [2.75, 3.05) is 6.54 Å². The molecular formula is C17H20F3N. The predicted octanol–water partition coefficient (Wildman–Crippen LogP) is 4.70. The van der Waals surface area contributed by atoms with Gasteiger partial charge in [-0.1, -0.05) is 49.4 Å². The van der Waals surface area contributed by atoms with E-state index in [0.29, 0.717) is 13.0 Å². The fourth-order valence-corrected chi connectivity index (χ4v) is 2.55. The standard InChI is InChI=1S/C17H20F3N/c1-2-21-16(9-10-17(18,19)20)12-13-7-8-14-5-3-4-6-15(14)11-13/h3-8,11,16,21H,2,9-10,12H2,1H3. The van der Waals surface area contributed by atoms with Crippen molar-refractivity contribution < 1.29 is 13.2 Å². The molecule has 2 aromatic carbocycles. The van der Waals surface area contributed by atoms with Crippen LogP contribution < -0.4 is 5.32 Å². The minimum Gasteiger partial charge on any atom is -0.314 e. The fraction of sp³-hybridized carbons (Fsp3) is 0.412. The molecule has 4 heteroatoms. The second kappa shape index (κ2) is 6.94. The van der Waals surface area contributed by atoms with Crippen LogP contribution in [-0.2, 0) is 6.42 Å². The van der Waals surface area contributed by atoms with Crippen molar-refractivity contribution in [2.24, 2.45) is 0 Å². The minimum absolute atomic E-state index is 0.115. The number of hydrogen-bond acceptors (Lipinski definition) is 1. The van der Waals surface area contributed by atoms with Gasteiger partial charge in [-0.05, 0) is 35.7 Å². The molecule has 1 nitrogen and oxygen atoms in total. The maximum absolute atomic E-state index is 12.4. The van der Waals surface area contributed by atoms with Crippen LogP contribution in [0.4, 0.5) is 13.2 Å². The summed E-state index contributed by atoms with van der Waals surface area (Å²) in [6.07, 6.45) is -4.09. The molecule has 0 amide bonds. The molecule has 21 heavy (non-hydrogen) atoms. The number of likely N-dealkylation sites (N-methyl/N-ethyl adjacent to an activating group) is 1. The Morgan fingerprint density at radius 2 is 1.76 bits per heavy atom. The normalized spacial score (nSPS) is 13.5. The van der Waals surface area contributed by atoms with Gasteiger partial charge in [0, 0.05) is 12.5 Å². The SMILES string of the molecule is CCNC(CCC(F)(F)F)Cc1ccc2ccccc2c1. The summed E-state index contributed by atoms with van der Waals surface area (Å²) < 4.78 is 37.1. The van der Waals surface area contributed by atoms with Crippen molar-refractivity contribution >= 4 is 10.8 Å². The first-order chi connectivity index (χ1) is 9.98. The van der Waals surface area contributed by atoms with E-state index in [1.165, 1.54) is 0 Å². The third kappa shape index (κ3) is 5.05. The van der Waals surface area contributed by atoms with Crippen LogP contribution in [0.25, 0.3) is 10.8 Å². The van der Waals surface area contributed by atoms with E-state index in [2.05, 4.69) is 11.4 Å². The number of benzene rings is 2. The van der Waals surface area contributed by atoms with Crippen LogP contribution >= 0.6 is 0 Å². The third-order valence-corrected chi connectivity index (χ3v) is 3.57. The summed E-state index contributed by atoms with van der Waals surface area (Å²) in [5.41, 5.74) is 1.07. The Bertz CT molecular complexity index is 578. The molecule has 0 saturated heterocycles. The van der Waals surface area contributed by atoms with Crippen molar-refractivity contribution in [3.63, 3.8) is 0 Å². The van der Waals surface area contributed by atoms with Gasteiger partial charge in [0.1, 0.15) is 0 Å². The maximum atomic E-state index is 12.4. The molecule has 0 aromatic heterocycles. The zero-order valence-corrected chi connectivity index (χ0v) is 12.1. The van der Waals surface area contributed by atoms with Crippen LogP contribution in [-0.4, -0.2) is 18.8 Å². The summed E-state index contributed by atoms with van der Waals surface area (Å²) in [5, 5.41) is 5.43. The summed E-state index contributed by atoms with van der Waals surface area (Å²) in [4.78, 5) is 0. The molecule has 0 heterocycles. The van der Waals surface area contributed by atoms with Gasteiger partial charge >= 0.3 is 6.18 Å². The highest BCUT2D eigenvalue weighted by molar-refractivity contribution is 5.82. The van der Waals surface area contributed by atoms with Gasteiger partial charge in [-0.15, -0.1) is 0 Å². The Labute approximate surface area is 123 Å². The van der Waals surface area contributed by atoms with E-state index in [4.69, 9.17) is 0 Å². The zero-order chi connectivity index (χ0) is 15.3. The Hall–Kier alpha value is -1.55. The molecule has 0 aliphatic heterocycles. The molecule has 0 bridgehead atoms. The van der Waals surface area contributed by atoms with E-state index in [1.807, 2.05) is 43.3 Å². The summed E-state index contributed by atoms with van der Waals surface area (Å²) >= 11 is 0. The molecule has 114 valence electrons. The highest BCUT2D eigenvalue weighted by Crippen LogP contribution is 2.24. The Balaban J connectivity index is 2.07. The average Bonchev–Trinajstić information content (AvgIpc) is 2.44. The molecule has 0 spiro atoms. The molecule has 2 rings (SSSR count). The van der Waals surface area contributed by atoms with E-state index < -0.39 is 12.6 Å². The van der Waals surface area contributed by atoms with Crippen LogP contribution in [0.2, 0.25) is 0 Å². The lowest BCUT2D eigenvalue weighted by Crippen LogP contribution is -2.32. The van der Waals surface area contributed by atoms with Gasteiger partial charge in [-0.25, -0.2) is 0 Å². The first kappa shape index (κ1) is 15.8. The maximum Gasteiger partial charge on any atom is 0.389 e. The van der Waals surface area contributed by atoms with Crippen molar-refractivity contribution in [1.29, 1.82) is 0 Å². The third-order valence-electron chi connectivity index (χ3n) is 3.57. The van der Waals surface area contributed by atoms with E-state index in [1.54, 1.807) is 0 Å². The number of hydrogen-bond donors (Lipinski definition) is 1. The zero-order valence-electron chi connectivity index (χ0n) is 12.1. The fourth-order valence-electron chi connectivity index (χ4n) is 2.55. The summed E-state index contributed by atoms with van der Waals surface area (Å²) in [7, 11) is 0. The van der Waals surface area contributed by atoms with Crippen LogP contribution in [0.3, 0.4) is 0 Å².